The topological polar surface area (TPSA) is 50.9 Å². The Bertz CT molecular complexity index is 495. The van der Waals surface area contributed by atoms with Gasteiger partial charge in [0.25, 0.3) is 0 Å². The van der Waals surface area contributed by atoms with Gasteiger partial charge in [-0.2, -0.15) is 5.10 Å². The number of aromatic nitrogens is 3. The lowest BCUT2D eigenvalue weighted by Crippen LogP contribution is -2.37. The SMILES string of the molecule is C=CC(C)C(O)(Cn1cncn1)c1ccccc1. The number of aliphatic hydroxyl groups is 1. The summed E-state index contributed by atoms with van der Waals surface area (Å²) in [5.41, 5.74) is -0.177. The first-order valence-corrected chi connectivity index (χ1v) is 5.89. The lowest BCUT2D eigenvalue weighted by molar-refractivity contribution is -0.0191. The molecule has 1 aromatic heterocycles. The van der Waals surface area contributed by atoms with Crippen LogP contribution in [0.1, 0.15) is 12.5 Å². The molecule has 1 heterocycles. The Morgan fingerprint density at radius 1 is 1.44 bits per heavy atom. The summed E-state index contributed by atoms with van der Waals surface area (Å²) in [6.45, 7) is 6.07. The molecule has 0 spiro atoms. The van der Waals surface area contributed by atoms with Crippen LogP contribution in [0.2, 0.25) is 0 Å². The van der Waals surface area contributed by atoms with E-state index in [1.807, 2.05) is 37.3 Å². The molecule has 0 radical (unpaired) electrons. The fourth-order valence-corrected chi connectivity index (χ4v) is 1.98. The van der Waals surface area contributed by atoms with Gasteiger partial charge in [-0.05, 0) is 5.56 Å². The summed E-state index contributed by atoms with van der Waals surface area (Å²) in [4.78, 5) is 3.90. The van der Waals surface area contributed by atoms with Gasteiger partial charge < -0.3 is 5.11 Å². The van der Waals surface area contributed by atoms with Crippen molar-refractivity contribution in [3.63, 3.8) is 0 Å². The van der Waals surface area contributed by atoms with Crippen LogP contribution < -0.4 is 0 Å². The zero-order valence-corrected chi connectivity index (χ0v) is 10.4. The fourth-order valence-electron chi connectivity index (χ4n) is 1.98. The molecule has 2 rings (SSSR count). The van der Waals surface area contributed by atoms with Crippen LogP contribution in [0, 0.1) is 5.92 Å². The van der Waals surface area contributed by atoms with Gasteiger partial charge in [0.05, 0.1) is 6.54 Å². The molecule has 18 heavy (non-hydrogen) atoms. The second-order valence-corrected chi connectivity index (χ2v) is 4.41. The van der Waals surface area contributed by atoms with Gasteiger partial charge in [-0.3, -0.25) is 0 Å². The van der Waals surface area contributed by atoms with Crippen molar-refractivity contribution in [2.24, 2.45) is 5.92 Å². The molecular formula is C14H17N3O. The molecule has 0 aliphatic rings. The van der Waals surface area contributed by atoms with Crippen molar-refractivity contribution in [3.05, 3.63) is 61.2 Å². The third-order valence-corrected chi connectivity index (χ3v) is 3.25. The summed E-state index contributed by atoms with van der Waals surface area (Å²) < 4.78 is 1.63. The van der Waals surface area contributed by atoms with Crippen LogP contribution >= 0.6 is 0 Å². The molecule has 0 bridgehead atoms. The summed E-state index contributed by atoms with van der Waals surface area (Å²) in [5, 5.41) is 15.0. The van der Waals surface area contributed by atoms with Crippen molar-refractivity contribution in [2.45, 2.75) is 19.1 Å². The quantitative estimate of drug-likeness (QED) is 0.817. The van der Waals surface area contributed by atoms with Gasteiger partial charge in [0.2, 0.25) is 0 Å². The van der Waals surface area contributed by atoms with Gasteiger partial charge in [-0.15, -0.1) is 6.58 Å². The van der Waals surface area contributed by atoms with Crippen molar-refractivity contribution < 1.29 is 5.11 Å². The minimum atomic E-state index is -1.03. The van der Waals surface area contributed by atoms with Crippen LogP contribution in [0.5, 0.6) is 0 Å². The van der Waals surface area contributed by atoms with E-state index in [1.54, 1.807) is 17.1 Å². The van der Waals surface area contributed by atoms with Crippen LogP contribution in [0.15, 0.2) is 55.6 Å². The summed E-state index contributed by atoms with van der Waals surface area (Å²) in [6.07, 6.45) is 4.82. The monoisotopic (exact) mass is 243 g/mol. The highest BCUT2D eigenvalue weighted by Crippen LogP contribution is 2.31. The normalized spacial score (nSPS) is 15.9. The molecule has 4 nitrogen and oxygen atoms in total. The zero-order valence-electron chi connectivity index (χ0n) is 10.4. The van der Waals surface area contributed by atoms with Crippen molar-refractivity contribution in [1.29, 1.82) is 0 Å². The largest absolute Gasteiger partial charge is 0.383 e. The maximum atomic E-state index is 11.0. The Morgan fingerprint density at radius 3 is 2.72 bits per heavy atom. The summed E-state index contributed by atoms with van der Waals surface area (Å²) in [6, 6.07) is 9.58. The highest BCUT2D eigenvalue weighted by atomic mass is 16.3. The Morgan fingerprint density at radius 2 is 2.17 bits per heavy atom. The zero-order chi connectivity index (χ0) is 13.0. The third kappa shape index (κ3) is 2.33. The summed E-state index contributed by atoms with van der Waals surface area (Å²) in [5.74, 6) is -0.0934. The van der Waals surface area contributed by atoms with E-state index in [2.05, 4.69) is 16.7 Å². The van der Waals surface area contributed by atoms with Crippen LogP contribution in [-0.4, -0.2) is 19.9 Å². The van der Waals surface area contributed by atoms with Gasteiger partial charge in [0, 0.05) is 5.92 Å². The van der Waals surface area contributed by atoms with Crippen molar-refractivity contribution in [2.75, 3.05) is 0 Å². The lowest BCUT2D eigenvalue weighted by Gasteiger charge is -2.32. The standard InChI is InChI=1S/C14H17N3O/c1-3-12(2)14(18,9-17-11-15-10-16-17)13-7-5-4-6-8-13/h3-8,10-12,18H,1,9H2,2H3. The molecule has 2 unspecified atom stereocenters. The van der Waals surface area contributed by atoms with E-state index in [4.69, 9.17) is 0 Å². The first-order valence-electron chi connectivity index (χ1n) is 5.89. The number of hydrogen-bond donors (Lipinski definition) is 1. The number of rotatable bonds is 5. The highest BCUT2D eigenvalue weighted by Gasteiger charge is 2.34. The molecule has 4 heteroatoms. The average molecular weight is 243 g/mol. The third-order valence-electron chi connectivity index (χ3n) is 3.25. The van der Waals surface area contributed by atoms with E-state index in [0.717, 1.165) is 5.56 Å². The summed E-state index contributed by atoms with van der Waals surface area (Å²) >= 11 is 0. The first kappa shape index (κ1) is 12.5. The minimum absolute atomic E-state index is 0.0934. The summed E-state index contributed by atoms with van der Waals surface area (Å²) in [7, 11) is 0. The Hall–Kier alpha value is -1.94. The molecule has 0 fully saturated rings. The molecule has 1 aromatic carbocycles. The Kier molecular flexibility index (Phi) is 3.58. The Balaban J connectivity index is 2.37. The first-order chi connectivity index (χ1) is 8.66. The van der Waals surface area contributed by atoms with Crippen molar-refractivity contribution >= 4 is 0 Å². The molecule has 2 aromatic rings. The van der Waals surface area contributed by atoms with E-state index in [1.165, 1.54) is 6.33 Å². The average Bonchev–Trinajstić information content (AvgIpc) is 2.91. The maximum Gasteiger partial charge on any atom is 0.137 e. The van der Waals surface area contributed by atoms with E-state index >= 15 is 0 Å². The van der Waals surface area contributed by atoms with Gasteiger partial charge in [0.15, 0.2) is 0 Å². The van der Waals surface area contributed by atoms with Gasteiger partial charge in [0.1, 0.15) is 18.3 Å². The molecule has 0 aliphatic heterocycles. The molecule has 0 saturated heterocycles. The second kappa shape index (κ2) is 5.14. The smallest absolute Gasteiger partial charge is 0.137 e. The van der Waals surface area contributed by atoms with Crippen molar-refractivity contribution in [1.82, 2.24) is 14.8 Å². The van der Waals surface area contributed by atoms with Gasteiger partial charge >= 0.3 is 0 Å². The maximum absolute atomic E-state index is 11.0. The molecule has 1 N–H and O–H groups in total. The lowest BCUT2D eigenvalue weighted by atomic mass is 9.82. The van der Waals surface area contributed by atoms with E-state index in [9.17, 15) is 5.11 Å². The van der Waals surface area contributed by atoms with E-state index < -0.39 is 5.60 Å². The molecule has 0 saturated carbocycles. The number of hydrogen-bond acceptors (Lipinski definition) is 3. The van der Waals surface area contributed by atoms with Gasteiger partial charge in [-0.25, -0.2) is 9.67 Å². The number of benzene rings is 1. The predicted octanol–water partition coefficient (Wildman–Crippen LogP) is 1.99. The predicted molar refractivity (Wildman–Crippen MR) is 69.7 cm³/mol. The van der Waals surface area contributed by atoms with Crippen LogP contribution in [-0.2, 0) is 12.1 Å². The molecular weight excluding hydrogens is 226 g/mol. The minimum Gasteiger partial charge on any atom is -0.383 e. The highest BCUT2D eigenvalue weighted by molar-refractivity contribution is 5.24. The molecule has 94 valence electrons. The van der Waals surface area contributed by atoms with E-state index in [-0.39, 0.29) is 5.92 Å². The fraction of sp³-hybridized carbons (Fsp3) is 0.286. The van der Waals surface area contributed by atoms with Crippen LogP contribution in [0.3, 0.4) is 0 Å². The van der Waals surface area contributed by atoms with Crippen LogP contribution in [0.25, 0.3) is 0 Å². The van der Waals surface area contributed by atoms with E-state index in [0.29, 0.717) is 6.54 Å². The molecule has 0 aliphatic carbocycles. The molecule has 0 amide bonds. The Labute approximate surface area is 107 Å². The van der Waals surface area contributed by atoms with Crippen LogP contribution in [0.4, 0.5) is 0 Å². The van der Waals surface area contributed by atoms with Crippen molar-refractivity contribution in [3.8, 4) is 0 Å². The molecule has 2 atom stereocenters. The van der Waals surface area contributed by atoms with Gasteiger partial charge in [-0.1, -0.05) is 43.3 Å². The second-order valence-electron chi connectivity index (χ2n) is 4.41. The number of nitrogens with zero attached hydrogens (tertiary/aromatic N) is 3.